The predicted molar refractivity (Wildman–Crippen MR) is 106 cm³/mol. The topological polar surface area (TPSA) is 85.4 Å². The third kappa shape index (κ3) is 4.03. The molecule has 0 fully saturated rings. The van der Waals surface area contributed by atoms with Crippen LogP contribution < -0.4 is 20.1 Å². The van der Waals surface area contributed by atoms with Gasteiger partial charge in [-0.15, -0.1) is 0 Å². The lowest BCUT2D eigenvalue weighted by atomic mass is 10.1. The van der Waals surface area contributed by atoms with Crippen molar-refractivity contribution in [3.8, 4) is 11.5 Å². The van der Waals surface area contributed by atoms with Crippen molar-refractivity contribution in [1.29, 1.82) is 0 Å². The summed E-state index contributed by atoms with van der Waals surface area (Å²) < 4.78 is 10.7. The molecular formula is C21H20N4O3. The maximum absolute atomic E-state index is 12.5. The minimum atomic E-state index is -0.280. The predicted octanol–water partition coefficient (Wildman–Crippen LogP) is 3.63. The minimum Gasteiger partial charge on any atom is -0.454 e. The fourth-order valence-electron chi connectivity index (χ4n) is 2.84. The van der Waals surface area contributed by atoms with Gasteiger partial charge in [-0.3, -0.25) is 4.79 Å². The van der Waals surface area contributed by atoms with E-state index >= 15 is 0 Å². The number of carbonyl (C=O) groups excluding carboxylic acids is 1. The molecule has 28 heavy (non-hydrogen) atoms. The maximum Gasteiger partial charge on any atom is 0.274 e. The highest BCUT2D eigenvalue weighted by atomic mass is 16.7. The Morgan fingerprint density at radius 3 is 2.61 bits per heavy atom. The summed E-state index contributed by atoms with van der Waals surface area (Å²) in [5, 5.41) is 6.05. The number of rotatable bonds is 6. The molecule has 0 radical (unpaired) electrons. The number of hydrogen-bond acceptors (Lipinski definition) is 6. The number of nitrogens with one attached hydrogen (secondary N) is 2. The van der Waals surface area contributed by atoms with Crippen LogP contribution in [0.5, 0.6) is 11.5 Å². The number of anilines is 2. The van der Waals surface area contributed by atoms with Gasteiger partial charge in [-0.1, -0.05) is 25.1 Å². The third-order valence-corrected chi connectivity index (χ3v) is 4.43. The van der Waals surface area contributed by atoms with Crippen molar-refractivity contribution < 1.29 is 14.3 Å². The molecule has 142 valence electrons. The zero-order chi connectivity index (χ0) is 19.3. The summed E-state index contributed by atoms with van der Waals surface area (Å²) in [6.45, 7) is 2.87. The average Bonchev–Trinajstić information content (AvgIpc) is 3.21. The van der Waals surface area contributed by atoms with E-state index in [1.165, 1.54) is 11.9 Å². The summed E-state index contributed by atoms with van der Waals surface area (Å²) in [6, 6.07) is 15.1. The van der Waals surface area contributed by atoms with Gasteiger partial charge in [0.1, 0.15) is 17.8 Å². The van der Waals surface area contributed by atoms with Crippen LogP contribution >= 0.6 is 0 Å². The molecule has 0 aliphatic carbocycles. The van der Waals surface area contributed by atoms with Gasteiger partial charge in [0, 0.05) is 18.3 Å². The van der Waals surface area contributed by atoms with Crippen LogP contribution in [0, 0.1) is 0 Å². The number of hydrogen-bond donors (Lipinski definition) is 2. The van der Waals surface area contributed by atoms with E-state index in [-0.39, 0.29) is 12.7 Å². The molecule has 7 nitrogen and oxygen atoms in total. The first-order valence-electron chi connectivity index (χ1n) is 9.06. The smallest absolute Gasteiger partial charge is 0.274 e. The number of benzene rings is 2. The van der Waals surface area contributed by atoms with Crippen molar-refractivity contribution in [2.75, 3.05) is 17.4 Å². The number of ether oxygens (including phenoxy) is 2. The Morgan fingerprint density at radius 1 is 1.00 bits per heavy atom. The second-order valence-electron chi connectivity index (χ2n) is 6.33. The Morgan fingerprint density at radius 2 is 1.79 bits per heavy atom. The van der Waals surface area contributed by atoms with Crippen LogP contribution in [0.2, 0.25) is 0 Å². The van der Waals surface area contributed by atoms with E-state index in [1.54, 1.807) is 6.07 Å². The number of fused-ring (bicyclic) bond motifs is 1. The molecule has 0 bridgehead atoms. The summed E-state index contributed by atoms with van der Waals surface area (Å²) in [5.41, 5.74) is 3.26. The minimum absolute atomic E-state index is 0.248. The summed E-state index contributed by atoms with van der Waals surface area (Å²) >= 11 is 0. The van der Waals surface area contributed by atoms with Gasteiger partial charge in [0.05, 0.1) is 0 Å². The largest absolute Gasteiger partial charge is 0.454 e. The van der Waals surface area contributed by atoms with Crippen molar-refractivity contribution in [1.82, 2.24) is 9.97 Å². The molecule has 4 rings (SSSR count). The zero-order valence-electron chi connectivity index (χ0n) is 15.4. The Labute approximate surface area is 162 Å². The van der Waals surface area contributed by atoms with Crippen LogP contribution in [0.15, 0.2) is 54.9 Å². The Balaban J connectivity index is 1.40. The van der Waals surface area contributed by atoms with Crippen LogP contribution in [0.25, 0.3) is 0 Å². The summed E-state index contributed by atoms with van der Waals surface area (Å²) in [6.07, 6.45) is 2.33. The second-order valence-corrected chi connectivity index (χ2v) is 6.33. The SMILES string of the molecule is CCc1ccc(NC(=O)c2cc(NCc3ccc4c(c3)OCO4)ncn2)cc1. The Kier molecular flexibility index (Phi) is 5.05. The third-order valence-electron chi connectivity index (χ3n) is 4.43. The molecule has 0 spiro atoms. The fourth-order valence-corrected chi connectivity index (χ4v) is 2.84. The Bertz CT molecular complexity index is 989. The van der Waals surface area contributed by atoms with Crippen LogP contribution in [0.1, 0.15) is 28.5 Å². The van der Waals surface area contributed by atoms with E-state index in [4.69, 9.17) is 9.47 Å². The average molecular weight is 376 g/mol. The highest BCUT2D eigenvalue weighted by Crippen LogP contribution is 2.32. The number of amides is 1. The van der Waals surface area contributed by atoms with Crippen molar-refractivity contribution in [3.05, 3.63) is 71.7 Å². The van der Waals surface area contributed by atoms with Gasteiger partial charge in [0.2, 0.25) is 6.79 Å². The van der Waals surface area contributed by atoms with E-state index in [9.17, 15) is 4.79 Å². The fraction of sp³-hybridized carbons (Fsp3) is 0.190. The van der Waals surface area contributed by atoms with Gasteiger partial charge >= 0.3 is 0 Å². The highest BCUT2D eigenvalue weighted by molar-refractivity contribution is 6.03. The number of aryl methyl sites for hydroxylation is 1. The molecule has 0 saturated carbocycles. The van der Waals surface area contributed by atoms with Crippen LogP contribution in [0.4, 0.5) is 11.5 Å². The highest BCUT2D eigenvalue weighted by Gasteiger charge is 2.13. The molecule has 1 aromatic heterocycles. The first-order chi connectivity index (χ1) is 13.7. The molecule has 0 unspecified atom stereocenters. The van der Waals surface area contributed by atoms with E-state index < -0.39 is 0 Å². The normalized spacial score (nSPS) is 11.9. The van der Waals surface area contributed by atoms with E-state index in [1.807, 2.05) is 42.5 Å². The molecule has 2 heterocycles. The summed E-state index contributed by atoms with van der Waals surface area (Å²) in [5.74, 6) is 1.77. The van der Waals surface area contributed by atoms with Crippen molar-refractivity contribution >= 4 is 17.4 Å². The summed E-state index contributed by atoms with van der Waals surface area (Å²) in [7, 11) is 0. The Hall–Kier alpha value is -3.61. The number of aromatic nitrogens is 2. The maximum atomic E-state index is 12.5. The number of carbonyl (C=O) groups is 1. The molecule has 1 amide bonds. The lowest BCUT2D eigenvalue weighted by Crippen LogP contribution is -2.14. The quantitative estimate of drug-likeness (QED) is 0.683. The van der Waals surface area contributed by atoms with Crippen LogP contribution in [0.3, 0.4) is 0 Å². The van der Waals surface area contributed by atoms with Crippen molar-refractivity contribution in [3.63, 3.8) is 0 Å². The lowest BCUT2D eigenvalue weighted by molar-refractivity contribution is 0.102. The molecule has 7 heteroatoms. The van der Waals surface area contributed by atoms with E-state index in [0.29, 0.717) is 18.1 Å². The number of nitrogens with zero attached hydrogens (tertiary/aromatic N) is 2. The van der Waals surface area contributed by atoms with E-state index in [2.05, 4.69) is 27.5 Å². The lowest BCUT2D eigenvalue weighted by Gasteiger charge is -2.09. The molecule has 0 atom stereocenters. The zero-order valence-corrected chi connectivity index (χ0v) is 15.4. The van der Waals surface area contributed by atoms with Crippen LogP contribution in [-0.4, -0.2) is 22.7 Å². The first kappa shape index (κ1) is 17.8. The standard InChI is InChI=1S/C21H20N4O3/c1-2-14-3-6-16(7-4-14)25-21(26)17-10-20(24-12-23-17)22-11-15-5-8-18-19(9-15)28-13-27-18/h3-10,12H,2,11,13H2,1H3,(H,25,26)(H,22,23,24). The molecule has 1 aliphatic rings. The van der Waals surface area contributed by atoms with Gasteiger partial charge < -0.3 is 20.1 Å². The molecule has 0 saturated heterocycles. The van der Waals surface area contributed by atoms with Gasteiger partial charge in [0.15, 0.2) is 11.5 Å². The molecular weight excluding hydrogens is 356 g/mol. The monoisotopic (exact) mass is 376 g/mol. The molecule has 3 aromatic rings. The summed E-state index contributed by atoms with van der Waals surface area (Å²) in [4.78, 5) is 20.7. The van der Waals surface area contributed by atoms with Gasteiger partial charge in [-0.2, -0.15) is 0 Å². The van der Waals surface area contributed by atoms with Crippen molar-refractivity contribution in [2.24, 2.45) is 0 Å². The molecule has 2 N–H and O–H groups in total. The van der Waals surface area contributed by atoms with Crippen molar-refractivity contribution in [2.45, 2.75) is 19.9 Å². The van der Waals surface area contributed by atoms with E-state index in [0.717, 1.165) is 29.2 Å². The first-order valence-corrected chi connectivity index (χ1v) is 9.06. The molecule has 2 aromatic carbocycles. The second kappa shape index (κ2) is 7.96. The molecule has 1 aliphatic heterocycles. The van der Waals surface area contributed by atoms with Gasteiger partial charge in [0.25, 0.3) is 5.91 Å². The van der Waals surface area contributed by atoms with Gasteiger partial charge in [-0.25, -0.2) is 9.97 Å². The van der Waals surface area contributed by atoms with Gasteiger partial charge in [-0.05, 0) is 41.8 Å². The van der Waals surface area contributed by atoms with Crippen LogP contribution in [-0.2, 0) is 13.0 Å².